The van der Waals surface area contributed by atoms with E-state index in [2.05, 4.69) is 5.32 Å². The van der Waals surface area contributed by atoms with Gasteiger partial charge in [0.15, 0.2) is 0 Å². The van der Waals surface area contributed by atoms with Crippen molar-refractivity contribution in [2.45, 2.75) is 25.0 Å². The van der Waals surface area contributed by atoms with Gasteiger partial charge in [0.05, 0.1) is 12.1 Å². The van der Waals surface area contributed by atoms with Gasteiger partial charge >= 0.3 is 0 Å². The van der Waals surface area contributed by atoms with E-state index >= 15 is 0 Å². The topological polar surface area (TPSA) is 41.6 Å². The molecule has 2 fully saturated rings. The second kappa shape index (κ2) is 3.64. The van der Waals surface area contributed by atoms with Gasteiger partial charge in [0, 0.05) is 20.2 Å². The maximum Gasteiger partial charge on any atom is 0.239 e. The monoisotopic (exact) mass is 184 g/mol. The third-order valence-electron chi connectivity index (χ3n) is 2.85. The van der Waals surface area contributed by atoms with Crippen LogP contribution < -0.4 is 5.32 Å². The Balaban J connectivity index is 1.78. The lowest BCUT2D eigenvalue weighted by atomic mass is 10.1. The van der Waals surface area contributed by atoms with E-state index in [1.807, 2.05) is 4.90 Å². The van der Waals surface area contributed by atoms with Gasteiger partial charge < -0.3 is 15.0 Å². The summed E-state index contributed by atoms with van der Waals surface area (Å²) in [5.41, 5.74) is 0. The van der Waals surface area contributed by atoms with E-state index < -0.39 is 0 Å². The number of hydrogen-bond donors (Lipinski definition) is 1. The van der Waals surface area contributed by atoms with E-state index in [0.717, 1.165) is 32.5 Å². The molecule has 0 spiro atoms. The second-order valence-electron chi connectivity index (χ2n) is 3.75. The molecule has 4 heteroatoms. The Bertz CT molecular complexity index is 196. The molecule has 2 aliphatic rings. The number of ether oxygens (including phenoxy) is 1. The number of carbonyl (C=O) groups is 1. The third-order valence-corrected chi connectivity index (χ3v) is 2.85. The van der Waals surface area contributed by atoms with E-state index in [4.69, 9.17) is 4.74 Å². The van der Waals surface area contributed by atoms with Crippen molar-refractivity contribution in [1.29, 1.82) is 0 Å². The van der Waals surface area contributed by atoms with Crippen molar-refractivity contribution in [2.24, 2.45) is 0 Å². The lowest BCUT2D eigenvalue weighted by Crippen LogP contribution is -2.58. The van der Waals surface area contributed by atoms with Gasteiger partial charge in [-0.2, -0.15) is 0 Å². The highest BCUT2D eigenvalue weighted by atomic mass is 16.5. The Kier molecular flexibility index (Phi) is 2.51. The van der Waals surface area contributed by atoms with Crippen LogP contribution in [0, 0.1) is 0 Å². The average molecular weight is 184 g/mol. The van der Waals surface area contributed by atoms with Crippen molar-refractivity contribution in [3.8, 4) is 0 Å². The fraction of sp³-hybridized carbons (Fsp3) is 0.889. The van der Waals surface area contributed by atoms with E-state index in [1.165, 1.54) is 0 Å². The molecule has 2 heterocycles. The smallest absolute Gasteiger partial charge is 0.239 e. The average Bonchev–Trinajstić information content (AvgIpc) is 2.53. The summed E-state index contributed by atoms with van der Waals surface area (Å²) in [4.78, 5) is 13.6. The molecule has 1 atom stereocenters. The molecule has 0 saturated carbocycles. The van der Waals surface area contributed by atoms with Crippen LogP contribution in [0.4, 0.5) is 0 Å². The molecule has 0 aromatic carbocycles. The van der Waals surface area contributed by atoms with Gasteiger partial charge in [0.1, 0.15) is 0 Å². The number of amides is 1. The highest BCUT2D eigenvalue weighted by Crippen LogP contribution is 2.15. The van der Waals surface area contributed by atoms with Crippen molar-refractivity contribution >= 4 is 5.91 Å². The number of nitrogens with one attached hydrogen (secondary N) is 1. The lowest BCUT2D eigenvalue weighted by Gasteiger charge is -2.39. The minimum atomic E-state index is 0.0813. The summed E-state index contributed by atoms with van der Waals surface area (Å²) in [7, 11) is 1.69. The maximum absolute atomic E-state index is 11.7. The van der Waals surface area contributed by atoms with Gasteiger partial charge in [-0.25, -0.2) is 0 Å². The normalized spacial score (nSPS) is 29.0. The summed E-state index contributed by atoms with van der Waals surface area (Å²) in [5.74, 6) is 0.255. The number of nitrogens with zero attached hydrogens (tertiary/aromatic N) is 1. The lowest BCUT2D eigenvalue weighted by molar-refractivity contribution is -0.144. The zero-order valence-electron chi connectivity index (χ0n) is 7.95. The summed E-state index contributed by atoms with van der Waals surface area (Å²) in [6.07, 6.45) is 2.38. The molecule has 0 bridgehead atoms. The Morgan fingerprint density at radius 1 is 1.54 bits per heavy atom. The first-order valence-corrected chi connectivity index (χ1v) is 4.86. The molecule has 74 valence electrons. The molecular formula is C9H16N2O2. The van der Waals surface area contributed by atoms with Gasteiger partial charge in [-0.1, -0.05) is 0 Å². The highest BCUT2D eigenvalue weighted by Gasteiger charge is 2.35. The number of rotatable bonds is 2. The Morgan fingerprint density at radius 2 is 2.31 bits per heavy atom. The molecular weight excluding hydrogens is 168 g/mol. The summed E-state index contributed by atoms with van der Waals surface area (Å²) in [6.45, 7) is 2.53. The molecule has 0 unspecified atom stereocenters. The fourth-order valence-corrected chi connectivity index (χ4v) is 1.88. The van der Waals surface area contributed by atoms with Crippen LogP contribution in [0.2, 0.25) is 0 Å². The molecule has 13 heavy (non-hydrogen) atoms. The Hall–Kier alpha value is -0.610. The predicted molar refractivity (Wildman–Crippen MR) is 48.4 cm³/mol. The molecule has 0 aliphatic carbocycles. The SMILES string of the molecule is COC1CN(C(=O)[C@@H]2CCCN2)C1. The van der Waals surface area contributed by atoms with E-state index in [0.29, 0.717) is 0 Å². The molecule has 1 amide bonds. The van der Waals surface area contributed by atoms with Gasteiger partial charge in [-0.3, -0.25) is 4.79 Å². The van der Waals surface area contributed by atoms with Crippen molar-refractivity contribution in [3.05, 3.63) is 0 Å². The van der Waals surface area contributed by atoms with E-state index in [-0.39, 0.29) is 18.1 Å². The summed E-state index contributed by atoms with van der Waals surface area (Å²) < 4.78 is 5.11. The first-order valence-electron chi connectivity index (χ1n) is 4.86. The first kappa shape index (κ1) is 8.97. The Labute approximate surface area is 78.2 Å². The summed E-state index contributed by atoms with van der Waals surface area (Å²) in [5, 5.41) is 3.21. The van der Waals surface area contributed by atoms with Crippen LogP contribution in [0.25, 0.3) is 0 Å². The standard InChI is InChI=1S/C9H16N2O2/c1-13-7-5-11(6-7)9(12)8-3-2-4-10-8/h7-8,10H,2-6H2,1H3/t8-/m0/s1. The van der Waals surface area contributed by atoms with Crippen molar-refractivity contribution < 1.29 is 9.53 Å². The van der Waals surface area contributed by atoms with Crippen LogP contribution in [0.5, 0.6) is 0 Å². The largest absolute Gasteiger partial charge is 0.378 e. The van der Waals surface area contributed by atoms with E-state index in [9.17, 15) is 4.79 Å². The molecule has 1 N–H and O–H groups in total. The number of hydrogen-bond acceptors (Lipinski definition) is 3. The number of likely N-dealkylation sites (tertiary alicyclic amines) is 1. The quantitative estimate of drug-likeness (QED) is 0.634. The van der Waals surface area contributed by atoms with Crippen molar-refractivity contribution in [2.75, 3.05) is 26.7 Å². The van der Waals surface area contributed by atoms with Crippen LogP contribution in [-0.4, -0.2) is 49.7 Å². The van der Waals surface area contributed by atoms with Crippen LogP contribution in [0.15, 0.2) is 0 Å². The van der Waals surface area contributed by atoms with Crippen LogP contribution >= 0.6 is 0 Å². The number of carbonyl (C=O) groups excluding carboxylic acids is 1. The molecule has 0 radical (unpaired) electrons. The summed E-state index contributed by atoms with van der Waals surface area (Å²) in [6, 6.07) is 0.0813. The molecule has 4 nitrogen and oxygen atoms in total. The Morgan fingerprint density at radius 3 is 2.85 bits per heavy atom. The maximum atomic E-state index is 11.7. The van der Waals surface area contributed by atoms with Crippen LogP contribution in [-0.2, 0) is 9.53 Å². The van der Waals surface area contributed by atoms with Crippen molar-refractivity contribution in [1.82, 2.24) is 10.2 Å². The minimum Gasteiger partial charge on any atom is -0.378 e. The van der Waals surface area contributed by atoms with Crippen molar-refractivity contribution in [3.63, 3.8) is 0 Å². The number of methoxy groups -OCH3 is 1. The fourth-order valence-electron chi connectivity index (χ4n) is 1.88. The summed E-state index contributed by atoms with van der Waals surface area (Å²) >= 11 is 0. The van der Waals surface area contributed by atoms with Gasteiger partial charge in [-0.15, -0.1) is 0 Å². The van der Waals surface area contributed by atoms with Gasteiger partial charge in [0.2, 0.25) is 5.91 Å². The third kappa shape index (κ3) is 1.69. The predicted octanol–water partition coefficient (Wildman–Crippen LogP) is -0.404. The van der Waals surface area contributed by atoms with E-state index in [1.54, 1.807) is 7.11 Å². The minimum absolute atomic E-state index is 0.0813. The first-order chi connectivity index (χ1) is 6.31. The molecule has 2 aliphatic heterocycles. The molecule has 0 aromatic rings. The highest BCUT2D eigenvalue weighted by molar-refractivity contribution is 5.83. The molecule has 0 aromatic heterocycles. The van der Waals surface area contributed by atoms with Crippen LogP contribution in [0.3, 0.4) is 0 Å². The van der Waals surface area contributed by atoms with Gasteiger partial charge in [0.25, 0.3) is 0 Å². The van der Waals surface area contributed by atoms with Gasteiger partial charge in [-0.05, 0) is 19.4 Å². The zero-order valence-corrected chi connectivity index (χ0v) is 7.95. The molecule has 2 saturated heterocycles. The zero-order chi connectivity index (χ0) is 9.26. The molecule has 2 rings (SSSR count). The second-order valence-corrected chi connectivity index (χ2v) is 3.75. The van der Waals surface area contributed by atoms with Crippen LogP contribution in [0.1, 0.15) is 12.8 Å².